The molecule has 0 amide bonds. The molecule has 6 nitrogen and oxygen atoms in total. The second-order valence-corrected chi connectivity index (χ2v) is 6.19. The molecule has 25 heavy (non-hydrogen) atoms. The van der Waals surface area contributed by atoms with E-state index in [9.17, 15) is 5.11 Å². The Bertz CT molecular complexity index is 501. The maximum absolute atomic E-state index is 10.2. The van der Waals surface area contributed by atoms with Gasteiger partial charge in [0.15, 0.2) is 0 Å². The van der Waals surface area contributed by atoms with Crippen LogP contribution in [0.1, 0.15) is 38.7 Å². The average Bonchev–Trinajstić information content (AvgIpc) is 2.63. The number of pyridine rings is 1. The Morgan fingerprint density at radius 2 is 2.04 bits per heavy atom. The molecule has 0 aromatic carbocycles. The van der Waals surface area contributed by atoms with Crippen LogP contribution in [0.3, 0.4) is 0 Å². The van der Waals surface area contributed by atoms with E-state index < -0.39 is 6.10 Å². The fourth-order valence-electron chi connectivity index (χ4n) is 3.05. The van der Waals surface area contributed by atoms with E-state index in [0.29, 0.717) is 6.54 Å². The standard InChI is InChI=1S/C18H30N4O2.ClH/c1-3-22(4-2)18(16-9-8-10-19-13-16)20-24-15-17(23)14-21-11-6-5-7-12-21;/h8-10,13,17,23H,3-7,11-12,14-15H2,1-2H3;1H/p+1. The smallest absolute Gasteiger partial charge is 0.308 e. The predicted molar refractivity (Wildman–Crippen MR) is 102 cm³/mol. The number of rotatable bonds is 8. The minimum atomic E-state index is -0.484. The van der Waals surface area contributed by atoms with Gasteiger partial charge in [-0.1, -0.05) is 6.42 Å². The molecule has 1 unspecified atom stereocenters. The molecule has 1 atom stereocenters. The molecule has 1 aliphatic heterocycles. The molecule has 0 aliphatic carbocycles. The van der Waals surface area contributed by atoms with Gasteiger partial charge in [-0.25, -0.2) is 0 Å². The lowest BCUT2D eigenvalue weighted by Gasteiger charge is -2.28. The number of nitrogens with one attached hydrogen (secondary N) is 1. The molecule has 142 valence electrons. The second kappa shape index (κ2) is 12.2. The number of halogens is 1. The number of aromatic nitrogens is 1. The monoisotopic (exact) mass is 371 g/mol. The number of hydroxylamine groups is 1. The highest BCUT2D eigenvalue weighted by Gasteiger charge is 2.18. The Kier molecular flexibility index (Phi) is 10.6. The van der Waals surface area contributed by atoms with Crippen LogP contribution in [0, 0.1) is 0 Å². The average molecular weight is 372 g/mol. The number of hydrogen-bond acceptors (Lipinski definition) is 4. The van der Waals surface area contributed by atoms with Crippen LogP contribution in [0.2, 0.25) is 0 Å². The predicted octanol–water partition coefficient (Wildman–Crippen LogP) is 1.67. The van der Waals surface area contributed by atoms with Crippen LogP contribution in [-0.2, 0) is 4.84 Å². The van der Waals surface area contributed by atoms with Gasteiger partial charge < -0.3 is 10.0 Å². The molecule has 0 radical (unpaired) electrons. The zero-order valence-electron chi connectivity index (χ0n) is 15.4. The topological polar surface area (TPSA) is 60.6 Å². The van der Waals surface area contributed by atoms with E-state index in [2.05, 4.69) is 33.8 Å². The van der Waals surface area contributed by atoms with Crippen LogP contribution in [-0.4, -0.2) is 70.8 Å². The molecule has 7 heteroatoms. The molecule has 0 bridgehead atoms. The van der Waals surface area contributed by atoms with Crippen LogP contribution < -0.4 is 5.48 Å². The van der Waals surface area contributed by atoms with Gasteiger partial charge >= 0.3 is 5.84 Å². The molecule has 2 heterocycles. The van der Waals surface area contributed by atoms with Crippen LogP contribution in [0.4, 0.5) is 0 Å². The van der Waals surface area contributed by atoms with Crippen molar-refractivity contribution in [3.63, 3.8) is 0 Å². The summed E-state index contributed by atoms with van der Waals surface area (Å²) in [5.74, 6) is 0.887. The Morgan fingerprint density at radius 1 is 1.32 bits per heavy atom. The van der Waals surface area contributed by atoms with E-state index in [1.807, 2.05) is 18.3 Å². The first-order valence-electron chi connectivity index (χ1n) is 9.05. The van der Waals surface area contributed by atoms with Crippen molar-refractivity contribution in [3.05, 3.63) is 30.1 Å². The minimum absolute atomic E-state index is 0. The first kappa shape index (κ1) is 21.8. The maximum atomic E-state index is 10.2. The largest absolute Gasteiger partial charge is 0.389 e. The van der Waals surface area contributed by atoms with Gasteiger partial charge in [-0.15, -0.1) is 17.9 Å². The van der Waals surface area contributed by atoms with Crippen LogP contribution in [0.25, 0.3) is 0 Å². The third-order valence-corrected chi connectivity index (χ3v) is 4.38. The fourth-order valence-corrected chi connectivity index (χ4v) is 3.05. The minimum Gasteiger partial charge on any atom is -0.389 e. The Balaban J connectivity index is 0.00000312. The lowest BCUT2D eigenvalue weighted by Crippen LogP contribution is -2.41. The van der Waals surface area contributed by atoms with Crippen molar-refractivity contribution >= 4 is 18.2 Å². The Morgan fingerprint density at radius 3 is 2.64 bits per heavy atom. The number of aliphatic hydroxyl groups is 1. The molecule has 1 fully saturated rings. The molecule has 0 spiro atoms. The molecule has 2 rings (SSSR count). The zero-order chi connectivity index (χ0) is 17.2. The quantitative estimate of drug-likeness (QED) is 0.315. The zero-order valence-corrected chi connectivity index (χ0v) is 16.2. The summed E-state index contributed by atoms with van der Waals surface area (Å²) < 4.78 is 2.17. The molecular formula is C18H32ClN4O2+. The van der Waals surface area contributed by atoms with Crippen molar-refractivity contribution in [1.29, 1.82) is 0 Å². The highest BCUT2D eigenvalue weighted by atomic mass is 35.5. The number of aliphatic hydroxyl groups excluding tert-OH is 1. The number of piperidine rings is 1. The fraction of sp³-hybridized carbons (Fsp3) is 0.667. The SMILES string of the molecule is CC[N+](CC)=C(NOCC(O)CN1CCCCC1)c1cccnc1.Cl. The van der Waals surface area contributed by atoms with Crippen LogP contribution in [0.5, 0.6) is 0 Å². The van der Waals surface area contributed by atoms with Crippen molar-refractivity contribution in [1.82, 2.24) is 15.4 Å². The van der Waals surface area contributed by atoms with Crippen molar-refractivity contribution in [2.24, 2.45) is 0 Å². The Hall–Kier alpha value is -1.21. The normalized spacial score (nSPS) is 16.0. The molecule has 0 saturated carbocycles. The number of β-amino-alcohol motifs (C(OH)–C–C–N with tert-alkyl or cyclic N) is 1. The summed E-state index contributed by atoms with van der Waals surface area (Å²) in [4.78, 5) is 12.1. The molecule has 2 N–H and O–H groups in total. The van der Waals surface area contributed by atoms with Gasteiger partial charge in [0.1, 0.15) is 6.61 Å². The van der Waals surface area contributed by atoms with Gasteiger partial charge in [0.05, 0.1) is 24.8 Å². The summed E-state index contributed by atoms with van der Waals surface area (Å²) in [5.41, 5.74) is 4.01. The summed E-state index contributed by atoms with van der Waals surface area (Å²) in [5, 5.41) is 10.2. The lowest BCUT2D eigenvalue weighted by atomic mass is 10.1. The summed E-state index contributed by atoms with van der Waals surface area (Å²) >= 11 is 0. The van der Waals surface area contributed by atoms with Gasteiger partial charge in [0.2, 0.25) is 0 Å². The second-order valence-electron chi connectivity index (χ2n) is 6.19. The summed E-state index contributed by atoms with van der Waals surface area (Å²) in [6.07, 6.45) is 6.85. The maximum Gasteiger partial charge on any atom is 0.308 e. The van der Waals surface area contributed by atoms with Crippen molar-refractivity contribution < 1.29 is 14.5 Å². The van der Waals surface area contributed by atoms with E-state index in [4.69, 9.17) is 4.84 Å². The van der Waals surface area contributed by atoms with Crippen molar-refractivity contribution in [2.75, 3.05) is 39.3 Å². The molecule has 1 aliphatic rings. The van der Waals surface area contributed by atoms with E-state index in [1.165, 1.54) is 19.3 Å². The molecule has 1 aromatic rings. The first-order chi connectivity index (χ1) is 11.7. The summed E-state index contributed by atoms with van der Waals surface area (Å²) in [6.45, 7) is 9.05. The van der Waals surface area contributed by atoms with Gasteiger partial charge in [-0.2, -0.15) is 4.84 Å². The van der Waals surface area contributed by atoms with E-state index in [1.54, 1.807) is 6.20 Å². The lowest BCUT2D eigenvalue weighted by molar-refractivity contribution is -0.523. The third-order valence-electron chi connectivity index (χ3n) is 4.38. The van der Waals surface area contributed by atoms with Crippen LogP contribution >= 0.6 is 12.4 Å². The van der Waals surface area contributed by atoms with E-state index in [0.717, 1.165) is 37.6 Å². The molecule has 1 saturated heterocycles. The highest BCUT2D eigenvalue weighted by Crippen LogP contribution is 2.08. The number of amidine groups is 1. The molecular weight excluding hydrogens is 340 g/mol. The highest BCUT2D eigenvalue weighted by molar-refractivity contribution is 5.93. The Labute approximate surface area is 157 Å². The number of nitrogens with zero attached hydrogens (tertiary/aromatic N) is 3. The van der Waals surface area contributed by atoms with Gasteiger partial charge in [0.25, 0.3) is 0 Å². The van der Waals surface area contributed by atoms with E-state index >= 15 is 0 Å². The number of likely N-dealkylation sites (tertiary alicyclic amines) is 1. The third kappa shape index (κ3) is 7.28. The summed E-state index contributed by atoms with van der Waals surface area (Å²) in [6, 6.07) is 3.91. The van der Waals surface area contributed by atoms with Crippen molar-refractivity contribution in [2.45, 2.75) is 39.2 Å². The van der Waals surface area contributed by atoms with E-state index in [-0.39, 0.29) is 19.0 Å². The van der Waals surface area contributed by atoms with Crippen molar-refractivity contribution in [3.8, 4) is 0 Å². The first-order valence-corrected chi connectivity index (χ1v) is 9.05. The summed E-state index contributed by atoms with van der Waals surface area (Å²) in [7, 11) is 0. The van der Waals surface area contributed by atoms with Crippen LogP contribution in [0.15, 0.2) is 24.5 Å². The number of hydrogen-bond donors (Lipinski definition) is 2. The molecule has 1 aromatic heterocycles. The van der Waals surface area contributed by atoms with Gasteiger partial charge in [-0.05, 0) is 51.9 Å². The van der Waals surface area contributed by atoms with Gasteiger partial charge in [-0.3, -0.25) is 9.56 Å². The van der Waals surface area contributed by atoms with Gasteiger partial charge in [0, 0.05) is 18.9 Å².